The second-order valence-electron chi connectivity index (χ2n) is 8.52. The highest BCUT2D eigenvalue weighted by atomic mass is 16.5. The number of aliphatic hydroxyl groups is 1. The Hall–Kier alpha value is -3.48. The van der Waals surface area contributed by atoms with Gasteiger partial charge in [0.1, 0.15) is 5.75 Å². The van der Waals surface area contributed by atoms with Crippen LogP contribution in [0, 0.1) is 0 Å². The van der Waals surface area contributed by atoms with Crippen LogP contribution >= 0.6 is 0 Å². The molecule has 0 aliphatic carbocycles. The molecule has 2 aromatic carbocycles. The van der Waals surface area contributed by atoms with Gasteiger partial charge in [0.15, 0.2) is 0 Å². The van der Waals surface area contributed by atoms with Gasteiger partial charge in [-0.1, -0.05) is 30.3 Å². The van der Waals surface area contributed by atoms with E-state index in [0.29, 0.717) is 6.61 Å². The summed E-state index contributed by atoms with van der Waals surface area (Å²) in [5.41, 5.74) is 4.22. The van der Waals surface area contributed by atoms with Crippen LogP contribution in [0.1, 0.15) is 23.1 Å². The minimum absolute atomic E-state index is 0.0166. The Morgan fingerprint density at radius 1 is 0.971 bits per heavy atom. The topological polar surface area (TPSA) is 67.6 Å². The monoisotopic (exact) mass is 457 g/mol. The number of nitrogens with zero attached hydrogens (tertiary/aromatic N) is 3. The minimum Gasteiger partial charge on any atom is -0.494 e. The molecule has 1 N–H and O–H groups in total. The molecule has 0 atom stereocenters. The number of rotatable bonds is 11. The summed E-state index contributed by atoms with van der Waals surface area (Å²) >= 11 is 0. The Kier molecular flexibility index (Phi) is 8.07. The molecular weight excluding hydrogens is 426 g/mol. The van der Waals surface area contributed by atoms with Crippen molar-refractivity contribution in [1.82, 2.24) is 14.5 Å². The number of aliphatic hydroxyl groups excluding tert-OH is 1. The fourth-order valence-corrected chi connectivity index (χ4v) is 4.12. The van der Waals surface area contributed by atoms with Crippen LogP contribution in [0.5, 0.6) is 5.75 Å². The Balaban J connectivity index is 1.35. The van der Waals surface area contributed by atoms with Gasteiger partial charge >= 0.3 is 0 Å². The molecule has 4 rings (SSSR count). The predicted octanol–water partition coefficient (Wildman–Crippen LogP) is 3.94. The van der Waals surface area contributed by atoms with E-state index in [4.69, 9.17) is 4.74 Å². The molecule has 0 amide bonds. The number of aromatic nitrogens is 2. The van der Waals surface area contributed by atoms with Crippen molar-refractivity contribution in [3.8, 4) is 5.75 Å². The molecule has 6 heteroatoms. The van der Waals surface area contributed by atoms with Gasteiger partial charge in [0.2, 0.25) is 0 Å². The Morgan fingerprint density at radius 2 is 1.82 bits per heavy atom. The summed E-state index contributed by atoms with van der Waals surface area (Å²) in [4.78, 5) is 18.5. The third kappa shape index (κ3) is 6.31. The average molecular weight is 458 g/mol. The summed E-state index contributed by atoms with van der Waals surface area (Å²) in [7, 11) is 1.78. The normalized spacial score (nSPS) is 11.3. The number of fused-ring (bicyclic) bond motifs is 1. The van der Waals surface area contributed by atoms with Gasteiger partial charge in [-0.2, -0.15) is 0 Å². The van der Waals surface area contributed by atoms with Gasteiger partial charge in [0.25, 0.3) is 5.56 Å². The van der Waals surface area contributed by atoms with E-state index in [9.17, 15) is 9.90 Å². The molecule has 0 bridgehead atoms. The first-order valence-electron chi connectivity index (χ1n) is 11.6. The van der Waals surface area contributed by atoms with E-state index >= 15 is 0 Å². The zero-order valence-corrected chi connectivity index (χ0v) is 19.6. The Labute approximate surface area is 200 Å². The van der Waals surface area contributed by atoms with E-state index in [1.165, 1.54) is 11.1 Å². The standard InChI is InChI=1S/C28H31N3O3/c1-30-27-10-9-26(18-25(27)8-11-28(30)33)34-16-4-14-31(15-12-22-7-3-13-29-19-22)20-23-5-2-6-24(17-23)21-32/h2-3,5-11,13,17-19,32H,4,12,14-16,20-21H2,1H3. The maximum Gasteiger partial charge on any atom is 0.250 e. The highest BCUT2D eigenvalue weighted by Gasteiger charge is 2.08. The lowest BCUT2D eigenvalue weighted by Gasteiger charge is -2.23. The van der Waals surface area contributed by atoms with Gasteiger partial charge in [-0.25, -0.2) is 0 Å². The van der Waals surface area contributed by atoms with Crippen molar-refractivity contribution in [2.45, 2.75) is 26.0 Å². The van der Waals surface area contributed by atoms with Gasteiger partial charge in [0, 0.05) is 50.5 Å². The highest BCUT2D eigenvalue weighted by Crippen LogP contribution is 2.19. The second kappa shape index (κ2) is 11.6. The summed E-state index contributed by atoms with van der Waals surface area (Å²) in [5.74, 6) is 0.809. The maximum atomic E-state index is 11.8. The van der Waals surface area contributed by atoms with E-state index in [1.807, 2.05) is 48.7 Å². The van der Waals surface area contributed by atoms with Crippen molar-refractivity contribution in [2.75, 3.05) is 19.7 Å². The lowest BCUT2D eigenvalue weighted by atomic mass is 10.1. The zero-order valence-electron chi connectivity index (χ0n) is 19.6. The number of aryl methyl sites for hydroxylation is 1. The lowest BCUT2D eigenvalue weighted by Crippen LogP contribution is -2.28. The first-order chi connectivity index (χ1) is 16.6. The number of hydrogen-bond donors (Lipinski definition) is 1. The molecule has 0 aliphatic rings. The largest absolute Gasteiger partial charge is 0.494 e. The Bertz CT molecular complexity index is 1270. The molecule has 34 heavy (non-hydrogen) atoms. The smallest absolute Gasteiger partial charge is 0.250 e. The van der Waals surface area contributed by atoms with E-state index < -0.39 is 0 Å². The average Bonchev–Trinajstić information content (AvgIpc) is 2.88. The van der Waals surface area contributed by atoms with Crippen LogP contribution < -0.4 is 10.3 Å². The molecule has 0 radical (unpaired) electrons. The second-order valence-corrected chi connectivity index (χ2v) is 8.52. The fourth-order valence-electron chi connectivity index (χ4n) is 4.12. The van der Waals surface area contributed by atoms with Crippen LogP contribution in [0.25, 0.3) is 10.9 Å². The summed E-state index contributed by atoms with van der Waals surface area (Å²) < 4.78 is 7.67. The van der Waals surface area contributed by atoms with Gasteiger partial charge in [0.05, 0.1) is 18.7 Å². The van der Waals surface area contributed by atoms with Crippen LogP contribution in [-0.4, -0.2) is 39.3 Å². The van der Waals surface area contributed by atoms with Gasteiger partial charge in [-0.05, 0) is 59.9 Å². The van der Waals surface area contributed by atoms with E-state index in [0.717, 1.165) is 54.7 Å². The number of ether oxygens (including phenoxy) is 1. The van der Waals surface area contributed by atoms with Crippen LogP contribution in [0.15, 0.2) is 83.9 Å². The molecule has 176 valence electrons. The van der Waals surface area contributed by atoms with Crippen molar-refractivity contribution < 1.29 is 9.84 Å². The van der Waals surface area contributed by atoms with Gasteiger partial charge in [-0.3, -0.25) is 14.7 Å². The summed E-state index contributed by atoms with van der Waals surface area (Å²) in [6.45, 7) is 3.29. The SMILES string of the molecule is Cn1c(=O)ccc2cc(OCCCN(CCc3cccnc3)Cc3cccc(CO)c3)ccc21. The van der Waals surface area contributed by atoms with Gasteiger partial charge < -0.3 is 14.4 Å². The van der Waals surface area contributed by atoms with E-state index in [2.05, 4.69) is 28.1 Å². The molecule has 6 nitrogen and oxygen atoms in total. The quantitative estimate of drug-likeness (QED) is 0.346. The first kappa shape index (κ1) is 23.7. The predicted molar refractivity (Wildman–Crippen MR) is 135 cm³/mol. The summed E-state index contributed by atoms with van der Waals surface area (Å²) in [6.07, 6.45) is 5.53. The molecule has 0 saturated carbocycles. The number of hydrogen-bond acceptors (Lipinski definition) is 5. The van der Waals surface area contributed by atoms with Gasteiger partial charge in [-0.15, -0.1) is 0 Å². The zero-order chi connectivity index (χ0) is 23.8. The molecule has 4 aromatic rings. The third-order valence-electron chi connectivity index (χ3n) is 6.00. The van der Waals surface area contributed by atoms with Crippen molar-refractivity contribution in [2.24, 2.45) is 7.05 Å². The third-order valence-corrected chi connectivity index (χ3v) is 6.00. The number of pyridine rings is 2. The molecule has 2 aromatic heterocycles. The van der Waals surface area contributed by atoms with Crippen LogP contribution in [-0.2, 0) is 26.6 Å². The first-order valence-corrected chi connectivity index (χ1v) is 11.6. The van der Waals surface area contributed by atoms with Crippen molar-refractivity contribution in [3.05, 3.63) is 106 Å². The van der Waals surface area contributed by atoms with Crippen molar-refractivity contribution in [3.63, 3.8) is 0 Å². The summed E-state index contributed by atoms with van der Waals surface area (Å²) in [5, 5.41) is 10.5. The molecule has 2 heterocycles. The summed E-state index contributed by atoms with van der Waals surface area (Å²) in [6, 6.07) is 21.4. The molecule has 0 spiro atoms. The van der Waals surface area contributed by atoms with E-state index in [-0.39, 0.29) is 12.2 Å². The number of benzene rings is 2. The lowest BCUT2D eigenvalue weighted by molar-refractivity contribution is 0.229. The molecule has 0 fully saturated rings. The molecular formula is C28H31N3O3. The molecule has 0 unspecified atom stereocenters. The van der Waals surface area contributed by atoms with Crippen molar-refractivity contribution >= 4 is 10.9 Å². The molecule has 0 saturated heterocycles. The van der Waals surface area contributed by atoms with Crippen LogP contribution in [0.2, 0.25) is 0 Å². The Morgan fingerprint density at radius 3 is 2.65 bits per heavy atom. The van der Waals surface area contributed by atoms with Crippen LogP contribution in [0.4, 0.5) is 0 Å². The highest BCUT2D eigenvalue weighted by molar-refractivity contribution is 5.80. The van der Waals surface area contributed by atoms with Crippen molar-refractivity contribution in [1.29, 1.82) is 0 Å². The van der Waals surface area contributed by atoms with E-state index in [1.54, 1.807) is 23.9 Å². The van der Waals surface area contributed by atoms with Crippen LogP contribution in [0.3, 0.4) is 0 Å². The maximum absolute atomic E-state index is 11.8. The minimum atomic E-state index is -0.0166. The fraction of sp³-hybridized carbons (Fsp3) is 0.286. The molecule has 0 aliphatic heterocycles.